The molecule has 2 aromatic rings. The highest BCUT2D eigenvalue weighted by Crippen LogP contribution is 2.18. The molecular formula is C11H14ClN5O. The molecule has 2 aromatic heterocycles. The van der Waals surface area contributed by atoms with E-state index in [-0.39, 0.29) is 5.02 Å². The molecule has 2 heterocycles. The van der Waals surface area contributed by atoms with Crippen molar-refractivity contribution in [1.29, 1.82) is 0 Å². The number of halogens is 1. The minimum atomic E-state index is -0.402. The molecule has 0 aromatic carbocycles. The van der Waals surface area contributed by atoms with Gasteiger partial charge in [-0.2, -0.15) is 10.2 Å². The SMILES string of the molecule is Cc1nn(C)c(C)c1CNc1cn[nH]c(=O)c1Cl. The van der Waals surface area contributed by atoms with Gasteiger partial charge in [-0.05, 0) is 13.8 Å². The zero-order chi connectivity index (χ0) is 13.3. The lowest BCUT2D eigenvalue weighted by Gasteiger charge is -2.07. The lowest BCUT2D eigenvalue weighted by atomic mass is 10.2. The van der Waals surface area contributed by atoms with Gasteiger partial charge in [-0.1, -0.05) is 11.6 Å². The fourth-order valence-electron chi connectivity index (χ4n) is 1.76. The lowest BCUT2D eigenvalue weighted by Crippen LogP contribution is -2.12. The summed E-state index contributed by atoms with van der Waals surface area (Å²) in [6, 6.07) is 0. The maximum Gasteiger partial charge on any atom is 0.285 e. The summed E-state index contributed by atoms with van der Waals surface area (Å²) in [6.07, 6.45) is 1.49. The Kier molecular flexibility index (Phi) is 3.38. The Morgan fingerprint density at radius 1 is 1.50 bits per heavy atom. The van der Waals surface area contributed by atoms with Gasteiger partial charge >= 0.3 is 0 Å². The number of rotatable bonds is 3. The molecule has 0 spiro atoms. The molecule has 0 unspecified atom stereocenters. The molecule has 0 amide bonds. The summed E-state index contributed by atoms with van der Waals surface area (Å²) >= 11 is 5.88. The molecule has 0 aliphatic rings. The van der Waals surface area contributed by atoms with Crippen LogP contribution in [0.5, 0.6) is 0 Å². The molecule has 0 saturated carbocycles. The highest BCUT2D eigenvalue weighted by atomic mass is 35.5. The highest BCUT2D eigenvalue weighted by Gasteiger charge is 2.10. The maximum atomic E-state index is 11.3. The number of aromatic nitrogens is 4. The predicted molar refractivity (Wildman–Crippen MR) is 69.9 cm³/mol. The molecule has 0 bridgehead atoms. The summed E-state index contributed by atoms with van der Waals surface area (Å²) in [4.78, 5) is 11.3. The molecule has 0 saturated heterocycles. The Morgan fingerprint density at radius 3 is 2.83 bits per heavy atom. The van der Waals surface area contributed by atoms with E-state index in [0.29, 0.717) is 12.2 Å². The third kappa shape index (κ3) is 2.24. The summed E-state index contributed by atoms with van der Waals surface area (Å²) in [5.41, 5.74) is 3.24. The van der Waals surface area contributed by atoms with Crippen LogP contribution in [0.2, 0.25) is 5.02 Å². The van der Waals surface area contributed by atoms with Crippen LogP contribution in [0.1, 0.15) is 17.0 Å². The molecule has 0 aliphatic carbocycles. The van der Waals surface area contributed by atoms with E-state index in [0.717, 1.165) is 17.0 Å². The average Bonchev–Trinajstić information content (AvgIpc) is 2.56. The van der Waals surface area contributed by atoms with Gasteiger partial charge < -0.3 is 5.32 Å². The minimum Gasteiger partial charge on any atom is -0.378 e. The third-order valence-corrected chi connectivity index (χ3v) is 3.29. The number of H-pyrrole nitrogens is 1. The van der Waals surface area contributed by atoms with Crippen LogP contribution >= 0.6 is 11.6 Å². The summed E-state index contributed by atoms with van der Waals surface area (Å²) in [7, 11) is 1.90. The van der Waals surface area contributed by atoms with E-state index in [1.807, 2.05) is 25.6 Å². The first-order valence-corrected chi connectivity index (χ1v) is 5.84. The zero-order valence-electron chi connectivity index (χ0n) is 10.4. The van der Waals surface area contributed by atoms with E-state index in [9.17, 15) is 4.79 Å². The summed E-state index contributed by atoms with van der Waals surface area (Å²) in [5.74, 6) is 0. The van der Waals surface area contributed by atoms with Crippen molar-refractivity contribution in [3.63, 3.8) is 0 Å². The van der Waals surface area contributed by atoms with Crippen LogP contribution in [0.25, 0.3) is 0 Å². The van der Waals surface area contributed by atoms with Crippen molar-refractivity contribution in [2.45, 2.75) is 20.4 Å². The Bertz CT molecular complexity index is 631. The Labute approximate surface area is 109 Å². The molecule has 2 N–H and O–H groups in total. The van der Waals surface area contributed by atoms with Gasteiger partial charge in [0.2, 0.25) is 0 Å². The van der Waals surface area contributed by atoms with Crippen molar-refractivity contribution in [2.75, 3.05) is 5.32 Å². The first kappa shape index (κ1) is 12.6. The summed E-state index contributed by atoms with van der Waals surface area (Å²) < 4.78 is 1.82. The molecule has 2 rings (SSSR count). The van der Waals surface area contributed by atoms with Gasteiger partial charge in [-0.15, -0.1) is 0 Å². The third-order valence-electron chi connectivity index (χ3n) is 2.91. The number of aromatic amines is 1. The average molecular weight is 268 g/mol. The quantitative estimate of drug-likeness (QED) is 0.881. The molecule has 18 heavy (non-hydrogen) atoms. The largest absolute Gasteiger partial charge is 0.378 e. The minimum absolute atomic E-state index is 0.115. The predicted octanol–water partition coefficient (Wildman–Crippen LogP) is 1.39. The van der Waals surface area contributed by atoms with Gasteiger partial charge in [0.05, 0.1) is 17.6 Å². The second kappa shape index (κ2) is 4.81. The van der Waals surface area contributed by atoms with Crippen molar-refractivity contribution >= 4 is 17.3 Å². The topological polar surface area (TPSA) is 75.6 Å². The number of hydrogen-bond acceptors (Lipinski definition) is 4. The van der Waals surface area contributed by atoms with Crippen molar-refractivity contribution in [1.82, 2.24) is 20.0 Å². The van der Waals surface area contributed by atoms with Crippen LogP contribution in [0.15, 0.2) is 11.0 Å². The van der Waals surface area contributed by atoms with Crippen molar-refractivity contribution in [3.05, 3.63) is 38.5 Å². The van der Waals surface area contributed by atoms with Gasteiger partial charge in [0, 0.05) is 24.8 Å². The summed E-state index contributed by atoms with van der Waals surface area (Å²) in [6.45, 7) is 4.49. The Balaban J connectivity index is 2.22. The second-order valence-electron chi connectivity index (χ2n) is 4.05. The fourth-order valence-corrected chi connectivity index (χ4v) is 1.92. The molecular weight excluding hydrogens is 254 g/mol. The molecule has 7 heteroatoms. The van der Waals surface area contributed by atoms with Gasteiger partial charge in [-0.3, -0.25) is 9.48 Å². The van der Waals surface area contributed by atoms with E-state index in [2.05, 4.69) is 20.6 Å². The van der Waals surface area contributed by atoms with Crippen LogP contribution in [0.4, 0.5) is 5.69 Å². The fraction of sp³-hybridized carbons (Fsp3) is 0.364. The van der Waals surface area contributed by atoms with Crippen molar-refractivity contribution in [2.24, 2.45) is 7.05 Å². The lowest BCUT2D eigenvalue weighted by molar-refractivity contribution is 0.730. The number of anilines is 1. The monoisotopic (exact) mass is 267 g/mol. The van der Waals surface area contributed by atoms with Crippen LogP contribution in [0.3, 0.4) is 0 Å². The Morgan fingerprint density at radius 2 is 2.22 bits per heavy atom. The van der Waals surface area contributed by atoms with Crippen LogP contribution in [-0.2, 0) is 13.6 Å². The van der Waals surface area contributed by atoms with E-state index in [4.69, 9.17) is 11.6 Å². The molecule has 6 nitrogen and oxygen atoms in total. The summed E-state index contributed by atoms with van der Waals surface area (Å²) in [5, 5.41) is 13.5. The van der Waals surface area contributed by atoms with Gasteiger partial charge in [-0.25, -0.2) is 5.10 Å². The van der Waals surface area contributed by atoms with Crippen LogP contribution in [0, 0.1) is 13.8 Å². The Hall–Kier alpha value is -1.82. The molecule has 0 radical (unpaired) electrons. The van der Waals surface area contributed by atoms with Gasteiger partial charge in [0.15, 0.2) is 0 Å². The molecule has 0 aliphatic heterocycles. The van der Waals surface area contributed by atoms with E-state index >= 15 is 0 Å². The van der Waals surface area contributed by atoms with E-state index in [1.54, 1.807) is 0 Å². The number of nitrogens with zero attached hydrogens (tertiary/aromatic N) is 3. The number of nitrogens with one attached hydrogen (secondary N) is 2. The van der Waals surface area contributed by atoms with Crippen LogP contribution in [-0.4, -0.2) is 20.0 Å². The van der Waals surface area contributed by atoms with Gasteiger partial charge in [0.1, 0.15) is 5.02 Å². The second-order valence-corrected chi connectivity index (χ2v) is 4.43. The highest BCUT2D eigenvalue weighted by molar-refractivity contribution is 6.32. The number of hydrogen-bond donors (Lipinski definition) is 2. The van der Waals surface area contributed by atoms with Gasteiger partial charge in [0.25, 0.3) is 5.56 Å². The molecule has 0 atom stereocenters. The number of aryl methyl sites for hydroxylation is 2. The molecule has 0 fully saturated rings. The van der Waals surface area contributed by atoms with Crippen molar-refractivity contribution in [3.8, 4) is 0 Å². The van der Waals surface area contributed by atoms with Crippen LogP contribution < -0.4 is 10.9 Å². The first-order valence-electron chi connectivity index (χ1n) is 5.47. The van der Waals surface area contributed by atoms with E-state index in [1.165, 1.54) is 6.20 Å². The maximum absolute atomic E-state index is 11.3. The normalized spacial score (nSPS) is 10.7. The molecule has 96 valence electrons. The first-order chi connectivity index (χ1) is 8.50. The van der Waals surface area contributed by atoms with Crippen molar-refractivity contribution < 1.29 is 0 Å². The standard InChI is InChI=1S/C11H14ClN5O/c1-6-8(7(2)17(3)16-6)4-13-9-5-14-15-11(18)10(9)12/h5H,4H2,1-3H3,(H2,13,15,18). The zero-order valence-corrected chi connectivity index (χ0v) is 11.2. The smallest absolute Gasteiger partial charge is 0.285 e. The van der Waals surface area contributed by atoms with E-state index < -0.39 is 5.56 Å².